The van der Waals surface area contributed by atoms with Crippen molar-refractivity contribution in [3.8, 4) is 0 Å². The molecule has 1 N–H and O–H groups in total. The fraction of sp³-hybridized carbons (Fsp3) is 0.238. The lowest BCUT2D eigenvalue weighted by molar-refractivity contribution is 0.0953. The monoisotopic (exact) mass is 375 g/mol. The maximum atomic E-state index is 13.4. The predicted octanol–water partition coefficient (Wildman–Crippen LogP) is 2.63. The number of carbonyl (C=O) groups excluding carboxylic acids is 2. The number of amides is 2. The Bertz CT molecular complexity index is 1030. The number of rotatable bonds is 4. The van der Waals surface area contributed by atoms with Gasteiger partial charge in [0.05, 0.1) is 25.0 Å². The maximum Gasteiger partial charge on any atom is 0.258 e. The number of anilines is 1. The number of nitrogens with one attached hydrogen (secondary N) is 1. The molecule has 142 valence electrons. The van der Waals surface area contributed by atoms with Crippen molar-refractivity contribution >= 4 is 17.5 Å². The van der Waals surface area contributed by atoms with Gasteiger partial charge in [0.2, 0.25) is 0 Å². The summed E-state index contributed by atoms with van der Waals surface area (Å²) in [6, 6.07) is 14.6. The summed E-state index contributed by atoms with van der Waals surface area (Å²) in [6.07, 6.45) is 2.54. The van der Waals surface area contributed by atoms with Gasteiger partial charge in [-0.3, -0.25) is 9.59 Å². The Kier molecular flexibility index (Phi) is 4.89. The largest absolute Gasteiger partial charge is 0.352 e. The molecule has 28 heavy (non-hydrogen) atoms. The second-order valence-electron chi connectivity index (χ2n) is 6.74. The van der Waals surface area contributed by atoms with Gasteiger partial charge in [-0.2, -0.15) is 0 Å². The van der Waals surface area contributed by atoms with Crippen LogP contribution in [-0.4, -0.2) is 33.4 Å². The van der Waals surface area contributed by atoms with Crippen LogP contribution >= 0.6 is 0 Å². The van der Waals surface area contributed by atoms with E-state index in [4.69, 9.17) is 0 Å². The molecule has 1 aliphatic rings. The summed E-state index contributed by atoms with van der Waals surface area (Å²) in [6.45, 7) is 3.54. The molecule has 2 aromatic carbocycles. The Morgan fingerprint density at radius 1 is 1.07 bits per heavy atom. The van der Waals surface area contributed by atoms with E-state index in [1.807, 2.05) is 31.2 Å². The van der Waals surface area contributed by atoms with Gasteiger partial charge in [0.1, 0.15) is 0 Å². The number of nitrogens with zero attached hydrogens (tertiary/aromatic N) is 4. The van der Waals surface area contributed by atoms with Crippen LogP contribution in [0.4, 0.5) is 5.69 Å². The highest BCUT2D eigenvalue weighted by atomic mass is 16.2. The first kappa shape index (κ1) is 17.9. The lowest BCUT2D eigenvalue weighted by Gasteiger charge is -2.22. The summed E-state index contributed by atoms with van der Waals surface area (Å²) in [5, 5.41) is 10.9. The van der Waals surface area contributed by atoms with Crippen molar-refractivity contribution in [1.82, 2.24) is 20.3 Å². The molecule has 0 atom stereocenters. The third-order valence-corrected chi connectivity index (χ3v) is 4.77. The average molecular weight is 375 g/mol. The van der Waals surface area contributed by atoms with Crippen LogP contribution < -0.4 is 10.2 Å². The molecule has 0 radical (unpaired) electrons. The first-order chi connectivity index (χ1) is 13.7. The van der Waals surface area contributed by atoms with E-state index in [0.29, 0.717) is 30.8 Å². The Morgan fingerprint density at radius 3 is 2.75 bits per heavy atom. The van der Waals surface area contributed by atoms with Crippen molar-refractivity contribution in [2.75, 3.05) is 11.4 Å². The van der Waals surface area contributed by atoms with E-state index in [9.17, 15) is 9.59 Å². The molecule has 2 amide bonds. The molecule has 1 aliphatic heterocycles. The molecule has 0 saturated heterocycles. The predicted molar refractivity (Wildman–Crippen MR) is 105 cm³/mol. The Morgan fingerprint density at radius 2 is 1.89 bits per heavy atom. The van der Waals surface area contributed by atoms with E-state index in [2.05, 4.69) is 15.6 Å². The van der Waals surface area contributed by atoms with Crippen molar-refractivity contribution in [1.29, 1.82) is 0 Å². The summed E-state index contributed by atoms with van der Waals surface area (Å²) in [7, 11) is 0. The molecule has 3 aromatic rings. The topological polar surface area (TPSA) is 80.1 Å². The number of para-hydroxylation sites is 1. The highest BCUT2D eigenvalue weighted by Gasteiger charge is 2.26. The van der Waals surface area contributed by atoms with Crippen molar-refractivity contribution in [2.45, 2.75) is 26.4 Å². The van der Waals surface area contributed by atoms with Crippen LogP contribution in [0.15, 0.2) is 54.7 Å². The lowest BCUT2D eigenvalue weighted by atomic mass is 10.1. The molecule has 7 heteroatoms. The second-order valence-corrected chi connectivity index (χ2v) is 6.74. The SMILES string of the molecule is CCCNC(=O)c1cccc(C(=O)N2Cc3cnnn3Cc3ccccc32)c1. The first-order valence-electron chi connectivity index (χ1n) is 9.32. The minimum absolute atomic E-state index is 0.160. The van der Waals surface area contributed by atoms with Crippen LogP contribution in [0.5, 0.6) is 0 Å². The molecule has 0 spiro atoms. The van der Waals surface area contributed by atoms with Crippen molar-refractivity contribution < 1.29 is 9.59 Å². The van der Waals surface area contributed by atoms with Gasteiger partial charge in [-0.1, -0.05) is 36.4 Å². The van der Waals surface area contributed by atoms with Gasteiger partial charge in [0, 0.05) is 23.4 Å². The van der Waals surface area contributed by atoms with E-state index < -0.39 is 0 Å². The normalized spacial score (nSPS) is 12.7. The number of aromatic nitrogens is 3. The lowest BCUT2D eigenvalue weighted by Crippen LogP contribution is -2.31. The average Bonchev–Trinajstić information content (AvgIpc) is 3.10. The highest BCUT2D eigenvalue weighted by Crippen LogP contribution is 2.28. The van der Waals surface area contributed by atoms with Crippen LogP contribution in [0, 0.1) is 0 Å². The molecule has 0 fully saturated rings. The van der Waals surface area contributed by atoms with Crippen molar-refractivity contribution in [2.24, 2.45) is 0 Å². The molecule has 0 aliphatic carbocycles. The van der Waals surface area contributed by atoms with E-state index in [-0.39, 0.29) is 11.8 Å². The van der Waals surface area contributed by atoms with Gasteiger partial charge in [-0.15, -0.1) is 5.10 Å². The van der Waals surface area contributed by atoms with Gasteiger partial charge in [-0.25, -0.2) is 4.68 Å². The smallest absolute Gasteiger partial charge is 0.258 e. The van der Waals surface area contributed by atoms with Gasteiger partial charge >= 0.3 is 0 Å². The molecular formula is C21H21N5O2. The highest BCUT2D eigenvalue weighted by molar-refractivity contribution is 6.08. The van der Waals surface area contributed by atoms with Crippen LogP contribution in [-0.2, 0) is 13.1 Å². The van der Waals surface area contributed by atoms with E-state index in [0.717, 1.165) is 23.4 Å². The van der Waals surface area contributed by atoms with Crippen LogP contribution in [0.2, 0.25) is 0 Å². The zero-order valence-electron chi connectivity index (χ0n) is 15.6. The number of hydrogen-bond donors (Lipinski definition) is 1. The third kappa shape index (κ3) is 3.38. The molecule has 7 nitrogen and oxygen atoms in total. The van der Waals surface area contributed by atoms with Crippen molar-refractivity contribution in [3.63, 3.8) is 0 Å². The van der Waals surface area contributed by atoms with Gasteiger partial charge < -0.3 is 10.2 Å². The minimum Gasteiger partial charge on any atom is -0.352 e. The number of hydrogen-bond acceptors (Lipinski definition) is 4. The summed E-state index contributed by atoms with van der Waals surface area (Å²) >= 11 is 0. The zero-order valence-corrected chi connectivity index (χ0v) is 15.6. The molecule has 0 unspecified atom stereocenters. The van der Waals surface area contributed by atoms with E-state index in [1.165, 1.54) is 0 Å². The molecule has 0 saturated carbocycles. The van der Waals surface area contributed by atoms with E-state index in [1.54, 1.807) is 40.0 Å². The molecule has 1 aromatic heterocycles. The number of fused-ring (bicyclic) bond motifs is 2. The fourth-order valence-corrected chi connectivity index (χ4v) is 3.32. The number of carbonyl (C=O) groups is 2. The molecule has 0 bridgehead atoms. The number of benzene rings is 2. The third-order valence-electron chi connectivity index (χ3n) is 4.77. The summed E-state index contributed by atoms with van der Waals surface area (Å²) in [4.78, 5) is 27.4. The maximum absolute atomic E-state index is 13.4. The zero-order chi connectivity index (χ0) is 19.5. The quantitative estimate of drug-likeness (QED) is 0.760. The van der Waals surface area contributed by atoms with Gasteiger partial charge in [0.25, 0.3) is 11.8 Å². The van der Waals surface area contributed by atoms with Crippen molar-refractivity contribution in [3.05, 3.63) is 77.1 Å². The summed E-state index contributed by atoms with van der Waals surface area (Å²) in [5.41, 5.74) is 3.66. The van der Waals surface area contributed by atoms with Gasteiger partial charge in [-0.05, 0) is 36.2 Å². The fourth-order valence-electron chi connectivity index (χ4n) is 3.32. The molecule has 4 rings (SSSR count). The van der Waals surface area contributed by atoms with Gasteiger partial charge in [0.15, 0.2) is 0 Å². The minimum atomic E-state index is -0.171. The first-order valence-corrected chi connectivity index (χ1v) is 9.32. The van der Waals surface area contributed by atoms with Crippen LogP contribution in [0.25, 0.3) is 0 Å². The van der Waals surface area contributed by atoms with E-state index >= 15 is 0 Å². The van der Waals surface area contributed by atoms with Crippen LogP contribution in [0.1, 0.15) is 45.3 Å². The Balaban J connectivity index is 1.69. The second kappa shape index (κ2) is 7.64. The molecular weight excluding hydrogens is 354 g/mol. The Hall–Kier alpha value is -3.48. The Labute approximate surface area is 163 Å². The summed E-state index contributed by atoms with van der Waals surface area (Å²) in [5.74, 6) is -0.331. The summed E-state index contributed by atoms with van der Waals surface area (Å²) < 4.78 is 1.81. The molecule has 2 heterocycles. The standard InChI is InChI=1S/C21H21N5O2/c1-2-10-22-20(27)15-7-5-8-16(11-15)21(28)25-14-18-12-23-24-26(18)13-17-6-3-4-9-19(17)25/h3-9,11-12H,2,10,13-14H2,1H3,(H,22,27). The van der Waals surface area contributed by atoms with Crippen LogP contribution in [0.3, 0.4) is 0 Å².